The van der Waals surface area contributed by atoms with Crippen molar-refractivity contribution in [2.24, 2.45) is 0 Å². The minimum absolute atomic E-state index is 0.0369. The van der Waals surface area contributed by atoms with Gasteiger partial charge in [0, 0.05) is 31.5 Å². The van der Waals surface area contributed by atoms with Crippen LogP contribution in [0.4, 0.5) is 5.69 Å². The molecule has 244 valence electrons. The summed E-state index contributed by atoms with van der Waals surface area (Å²) in [7, 11) is 0. The summed E-state index contributed by atoms with van der Waals surface area (Å²) in [6, 6.07) is 3.99. The summed E-state index contributed by atoms with van der Waals surface area (Å²) < 4.78 is 1.07. The van der Waals surface area contributed by atoms with Crippen molar-refractivity contribution in [3.63, 3.8) is 0 Å². The minimum atomic E-state index is 0.0369. The summed E-state index contributed by atoms with van der Waals surface area (Å²) in [5.74, 6) is 0.191. The molecule has 0 aromatic heterocycles. The van der Waals surface area contributed by atoms with Crippen molar-refractivity contribution < 1.29 is 9.59 Å². The lowest BCUT2D eigenvalue weighted by Crippen LogP contribution is -2.14. The summed E-state index contributed by atoms with van der Waals surface area (Å²) in [6.07, 6.45) is 0. The van der Waals surface area contributed by atoms with Crippen LogP contribution in [0.3, 0.4) is 0 Å². The molecule has 46 heavy (non-hydrogen) atoms. The van der Waals surface area contributed by atoms with Crippen molar-refractivity contribution in [2.45, 2.75) is 111 Å². The van der Waals surface area contributed by atoms with Gasteiger partial charge in [-0.2, -0.15) is 0 Å². The molecule has 0 radical (unpaired) electrons. The number of aryl methyl sites for hydroxylation is 2. The zero-order valence-electron chi connectivity index (χ0n) is 30.9. The number of ketones is 2. The fourth-order valence-corrected chi connectivity index (χ4v) is 7.26. The van der Waals surface area contributed by atoms with Gasteiger partial charge >= 0.3 is 0 Å². The number of carbonyl (C=O) groups excluding carboxylic acids is 2. The van der Waals surface area contributed by atoms with E-state index in [2.05, 4.69) is 105 Å². The van der Waals surface area contributed by atoms with Crippen molar-refractivity contribution in [3.05, 3.63) is 127 Å². The predicted octanol–water partition coefficient (Wildman–Crippen LogP) is 11.0. The van der Waals surface area contributed by atoms with E-state index in [9.17, 15) is 9.59 Å². The van der Waals surface area contributed by atoms with Gasteiger partial charge in [0.25, 0.3) is 0 Å². The predicted molar refractivity (Wildman–Crippen MR) is 206 cm³/mol. The molecule has 0 amide bonds. The first-order chi connectivity index (χ1) is 21.2. The number of nitrogen functional groups attached to an aromatic ring is 1. The van der Waals surface area contributed by atoms with Gasteiger partial charge in [0.15, 0.2) is 11.6 Å². The molecule has 0 bridgehead atoms. The standard InChI is InChI=1S/C21H25IO.C21H27NO/c2*1-10-9-18(20(22)17(8)11(10)2)21(23)19-15(6)13(4)12(3)14(5)16(19)7/h9H,1-8H3;9H,22H2,1-8H3. The molecule has 4 rings (SSSR count). The van der Waals surface area contributed by atoms with E-state index in [1.807, 2.05) is 40.7 Å². The van der Waals surface area contributed by atoms with Crippen LogP contribution in [0.1, 0.15) is 121 Å². The Morgan fingerprint density at radius 2 is 0.696 bits per heavy atom. The van der Waals surface area contributed by atoms with Gasteiger partial charge in [-0.15, -0.1) is 0 Å². The molecular weight excluding hydrogens is 677 g/mol. The lowest BCUT2D eigenvalue weighted by molar-refractivity contribution is 0.102. The number of nitrogens with two attached hydrogens (primary N) is 1. The van der Waals surface area contributed by atoms with Crippen LogP contribution in [0.5, 0.6) is 0 Å². The Morgan fingerprint density at radius 3 is 1.07 bits per heavy atom. The van der Waals surface area contributed by atoms with Crippen LogP contribution in [0.25, 0.3) is 0 Å². The van der Waals surface area contributed by atoms with E-state index in [0.29, 0.717) is 11.3 Å². The maximum Gasteiger partial charge on any atom is 0.195 e. The summed E-state index contributed by atoms with van der Waals surface area (Å²) in [4.78, 5) is 26.6. The molecule has 4 heteroatoms. The van der Waals surface area contributed by atoms with E-state index in [1.165, 1.54) is 50.1 Å². The van der Waals surface area contributed by atoms with Crippen LogP contribution < -0.4 is 5.73 Å². The van der Waals surface area contributed by atoms with Gasteiger partial charge in [0.2, 0.25) is 0 Å². The smallest absolute Gasteiger partial charge is 0.195 e. The molecule has 0 heterocycles. The van der Waals surface area contributed by atoms with Crippen LogP contribution in [0.2, 0.25) is 0 Å². The largest absolute Gasteiger partial charge is 0.398 e. The molecule has 0 spiro atoms. The van der Waals surface area contributed by atoms with Crippen LogP contribution in [-0.4, -0.2) is 11.6 Å². The molecular formula is C42H52INO2. The fraction of sp³-hybridized carbons (Fsp3) is 0.381. The van der Waals surface area contributed by atoms with Crippen LogP contribution >= 0.6 is 22.6 Å². The Labute approximate surface area is 291 Å². The third-order valence-corrected chi connectivity index (χ3v) is 12.6. The maximum absolute atomic E-state index is 13.3. The van der Waals surface area contributed by atoms with Gasteiger partial charge in [0.05, 0.1) is 0 Å². The Balaban J connectivity index is 0.000000250. The first-order valence-electron chi connectivity index (χ1n) is 16.0. The van der Waals surface area contributed by atoms with Gasteiger partial charge in [-0.25, -0.2) is 0 Å². The van der Waals surface area contributed by atoms with Crippen LogP contribution in [0, 0.1) is 114 Å². The van der Waals surface area contributed by atoms with Crippen molar-refractivity contribution >= 4 is 39.8 Å². The summed E-state index contributed by atoms with van der Waals surface area (Å²) in [5, 5.41) is 0. The Kier molecular flexibility index (Phi) is 11.2. The van der Waals surface area contributed by atoms with Crippen LogP contribution in [0.15, 0.2) is 12.1 Å². The summed E-state index contributed by atoms with van der Waals surface area (Å²) in [5.41, 5.74) is 28.7. The molecule has 0 unspecified atom stereocenters. The Bertz CT molecular complexity index is 1740. The molecule has 0 fully saturated rings. The quantitative estimate of drug-likeness (QED) is 0.129. The first kappa shape index (κ1) is 37.2. The third-order valence-electron chi connectivity index (χ3n) is 11.2. The molecule has 2 N–H and O–H groups in total. The van der Waals surface area contributed by atoms with Crippen molar-refractivity contribution in [2.75, 3.05) is 5.73 Å². The average Bonchev–Trinajstić information content (AvgIpc) is 3.02. The molecule has 4 aromatic carbocycles. The number of benzene rings is 4. The number of halogens is 1. The zero-order chi connectivity index (χ0) is 35.3. The van der Waals surface area contributed by atoms with E-state index < -0.39 is 0 Å². The molecule has 4 aromatic rings. The SMILES string of the molecule is Cc1cc(C(=O)c2c(C)c(C)c(C)c(C)c2C)c(I)c(C)c1C.Cc1cc(C(=O)c2c(C)c(C)c(C)c(C)c2C)c(N)c(C)c1C. The molecule has 0 aliphatic carbocycles. The lowest BCUT2D eigenvalue weighted by Gasteiger charge is -2.19. The number of anilines is 1. The highest BCUT2D eigenvalue weighted by atomic mass is 127. The second-order valence-electron chi connectivity index (χ2n) is 13.4. The van der Waals surface area contributed by atoms with Gasteiger partial charge in [-0.1, -0.05) is 0 Å². The maximum atomic E-state index is 13.3. The van der Waals surface area contributed by atoms with Crippen molar-refractivity contribution in [3.8, 4) is 0 Å². The summed E-state index contributed by atoms with van der Waals surface area (Å²) >= 11 is 2.32. The zero-order valence-corrected chi connectivity index (χ0v) is 33.1. The van der Waals surface area contributed by atoms with E-state index in [1.54, 1.807) is 0 Å². The Morgan fingerprint density at radius 1 is 0.413 bits per heavy atom. The van der Waals surface area contributed by atoms with Crippen molar-refractivity contribution in [1.29, 1.82) is 0 Å². The second-order valence-corrected chi connectivity index (χ2v) is 14.4. The highest BCUT2D eigenvalue weighted by Crippen LogP contribution is 2.33. The average molecular weight is 730 g/mol. The van der Waals surface area contributed by atoms with Gasteiger partial charge in [-0.3, -0.25) is 9.59 Å². The monoisotopic (exact) mass is 729 g/mol. The van der Waals surface area contributed by atoms with E-state index >= 15 is 0 Å². The van der Waals surface area contributed by atoms with Crippen molar-refractivity contribution in [1.82, 2.24) is 0 Å². The molecule has 0 aliphatic heterocycles. The third kappa shape index (κ3) is 6.34. The number of hydrogen-bond acceptors (Lipinski definition) is 3. The normalized spacial score (nSPS) is 11.0. The highest BCUT2D eigenvalue weighted by Gasteiger charge is 2.24. The van der Waals surface area contributed by atoms with Gasteiger partial charge < -0.3 is 5.73 Å². The molecule has 0 atom stereocenters. The second kappa shape index (κ2) is 13.9. The van der Waals surface area contributed by atoms with E-state index in [0.717, 1.165) is 59.2 Å². The molecule has 3 nitrogen and oxygen atoms in total. The van der Waals surface area contributed by atoms with Gasteiger partial charge in [-0.05, 0) is 235 Å². The summed E-state index contributed by atoms with van der Waals surface area (Å²) in [6.45, 7) is 33.3. The van der Waals surface area contributed by atoms with E-state index in [-0.39, 0.29) is 11.6 Å². The Hall–Kier alpha value is -3.25. The van der Waals surface area contributed by atoms with Gasteiger partial charge in [0.1, 0.15) is 0 Å². The topological polar surface area (TPSA) is 60.2 Å². The molecule has 0 saturated carbocycles. The molecule has 0 aliphatic rings. The number of hydrogen-bond donors (Lipinski definition) is 1. The lowest BCUT2D eigenvalue weighted by atomic mass is 9.84. The first-order valence-corrected chi connectivity index (χ1v) is 17.1. The highest BCUT2D eigenvalue weighted by molar-refractivity contribution is 14.1. The fourth-order valence-electron chi connectivity index (χ4n) is 6.46. The number of carbonyl (C=O) groups is 2. The van der Waals surface area contributed by atoms with Crippen LogP contribution in [-0.2, 0) is 0 Å². The molecule has 0 saturated heterocycles. The number of rotatable bonds is 4. The van der Waals surface area contributed by atoms with E-state index in [4.69, 9.17) is 5.73 Å². The minimum Gasteiger partial charge on any atom is -0.398 e.